The van der Waals surface area contributed by atoms with Gasteiger partial charge >= 0.3 is 0 Å². The highest BCUT2D eigenvalue weighted by Gasteiger charge is 2.09. The number of hydrogen-bond acceptors (Lipinski definition) is 2. The molecule has 82 valence electrons. The molecule has 0 N–H and O–H groups in total. The van der Waals surface area contributed by atoms with Gasteiger partial charge in [0.15, 0.2) is 0 Å². The Morgan fingerprint density at radius 3 is 2.67 bits per heavy atom. The lowest BCUT2D eigenvalue weighted by Crippen LogP contribution is -1.96. The van der Waals surface area contributed by atoms with Crippen molar-refractivity contribution in [2.24, 2.45) is 0 Å². The molecule has 0 saturated carbocycles. The Bertz CT molecular complexity index is 357. The first-order chi connectivity index (χ1) is 7.19. The Balaban J connectivity index is 2.93. The molecular formula is C10H11BrClNO2. The second kappa shape index (κ2) is 6.08. The number of aryl methyl sites for hydroxylation is 1. The first kappa shape index (κ1) is 12.5. The van der Waals surface area contributed by atoms with Crippen molar-refractivity contribution in [3.63, 3.8) is 0 Å². The van der Waals surface area contributed by atoms with Crippen molar-refractivity contribution in [2.45, 2.75) is 18.7 Å². The fourth-order valence-electron chi connectivity index (χ4n) is 1.35. The van der Waals surface area contributed by atoms with Gasteiger partial charge in [-0.15, -0.1) is 11.6 Å². The van der Waals surface area contributed by atoms with Crippen LogP contribution in [0.4, 0.5) is 5.69 Å². The monoisotopic (exact) mass is 291 g/mol. The van der Waals surface area contributed by atoms with Crippen LogP contribution in [0.2, 0.25) is 0 Å². The molecule has 1 rings (SSSR count). The van der Waals surface area contributed by atoms with Crippen molar-refractivity contribution in [3.8, 4) is 0 Å². The summed E-state index contributed by atoms with van der Waals surface area (Å²) < 4.78 is 0. The molecule has 0 saturated heterocycles. The maximum absolute atomic E-state index is 10.5. The Kier molecular flexibility index (Phi) is 5.05. The summed E-state index contributed by atoms with van der Waals surface area (Å²) >= 11 is 9.10. The van der Waals surface area contributed by atoms with E-state index < -0.39 is 4.92 Å². The summed E-state index contributed by atoms with van der Waals surface area (Å²) in [5.74, 6) is 0.319. The van der Waals surface area contributed by atoms with Crippen molar-refractivity contribution in [3.05, 3.63) is 39.4 Å². The second-order valence-corrected chi connectivity index (χ2v) is 4.20. The van der Waals surface area contributed by atoms with Gasteiger partial charge in [-0.3, -0.25) is 10.1 Å². The van der Waals surface area contributed by atoms with Crippen LogP contribution in [-0.2, 0) is 12.3 Å². The molecule has 1 aromatic rings. The fourth-order valence-corrected chi connectivity index (χ4v) is 1.88. The highest BCUT2D eigenvalue weighted by Crippen LogP contribution is 2.20. The van der Waals surface area contributed by atoms with Crippen LogP contribution in [0.25, 0.3) is 0 Å². The van der Waals surface area contributed by atoms with E-state index in [1.165, 1.54) is 6.07 Å². The van der Waals surface area contributed by atoms with Crippen LogP contribution in [0.5, 0.6) is 0 Å². The van der Waals surface area contributed by atoms with Crippen molar-refractivity contribution in [1.82, 2.24) is 0 Å². The molecule has 0 heterocycles. The van der Waals surface area contributed by atoms with Crippen LogP contribution < -0.4 is 0 Å². The van der Waals surface area contributed by atoms with E-state index in [4.69, 9.17) is 11.6 Å². The molecule has 0 radical (unpaired) electrons. The largest absolute Gasteiger partial charge is 0.269 e. The third kappa shape index (κ3) is 3.47. The maximum Gasteiger partial charge on any atom is 0.269 e. The second-order valence-electron chi connectivity index (χ2n) is 3.14. The average Bonchev–Trinajstić information content (AvgIpc) is 2.25. The predicted molar refractivity (Wildman–Crippen MR) is 64.8 cm³/mol. The molecule has 5 heteroatoms. The van der Waals surface area contributed by atoms with Crippen molar-refractivity contribution >= 4 is 33.2 Å². The summed E-state index contributed by atoms with van der Waals surface area (Å²) in [6.07, 6.45) is 1.90. The van der Waals surface area contributed by atoms with Gasteiger partial charge in [-0.2, -0.15) is 0 Å². The van der Waals surface area contributed by atoms with Gasteiger partial charge in [-0.1, -0.05) is 22.0 Å². The molecular weight excluding hydrogens is 281 g/mol. The molecule has 0 atom stereocenters. The van der Waals surface area contributed by atoms with Crippen molar-refractivity contribution in [1.29, 1.82) is 0 Å². The van der Waals surface area contributed by atoms with Gasteiger partial charge in [0.2, 0.25) is 0 Å². The number of benzene rings is 1. The van der Waals surface area contributed by atoms with Gasteiger partial charge in [0.05, 0.1) is 4.92 Å². The first-order valence-electron chi connectivity index (χ1n) is 4.57. The number of rotatable bonds is 5. The zero-order valence-electron chi connectivity index (χ0n) is 8.08. The summed E-state index contributed by atoms with van der Waals surface area (Å²) in [5.41, 5.74) is 2.05. The number of nitro groups is 1. The normalized spacial score (nSPS) is 10.3. The van der Waals surface area contributed by atoms with Gasteiger partial charge < -0.3 is 0 Å². The molecule has 15 heavy (non-hydrogen) atoms. The summed E-state index contributed by atoms with van der Waals surface area (Å²) in [6.45, 7) is 0. The van der Waals surface area contributed by atoms with Gasteiger partial charge in [0.25, 0.3) is 5.69 Å². The van der Waals surface area contributed by atoms with Crippen molar-refractivity contribution in [2.75, 3.05) is 5.33 Å². The van der Waals surface area contributed by atoms with E-state index in [1.54, 1.807) is 12.1 Å². The zero-order chi connectivity index (χ0) is 11.3. The molecule has 0 unspecified atom stereocenters. The van der Waals surface area contributed by atoms with Gasteiger partial charge in [-0.05, 0) is 24.0 Å². The van der Waals surface area contributed by atoms with E-state index in [9.17, 15) is 10.1 Å². The summed E-state index contributed by atoms with van der Waals surface area (Å²) in [4.78, 5) is 10.2. The number of halogens is 2. The van der Waals surface area contributed by atoms with Crippen molar-refractivity contribution < 1.29 is 4.92 Å². The molecule has 0 aliphatic heterocycles. The number of non-ortho nitro benzene ring substituents is 1. The van der Waals surface area contributed by atoms with Gasteiger partial charge in [0.1, 0.15) is 0 Å². The van der Waals surface area contributed by atoms with Crippen LogP contribution in [0.15, 0.2) is 18.2 Å². The SMILES string of the molecule is O=[N+]([O-])c1ccc(CCCBr)c(CCl)c1. The highest BCUT2D eigenvalue weighted by atomic mass is 79.9. The smallest absolute Gasteiger partial charge is 0.258 e. The first-order valence-corrected chi connectivity index (χ1v) is 6.22. The molecule has 1 aromatic carbocycles. The van der Waals surface area contributed by atoms with Crippen LogP contribution in [-0.4, -0.2) is 10.3 Å². The number of nitro benzene ring substituents is 1. The molecule has 0 spiro atoms. The Labute approximate surface area is 102 Å². The molecule has 0 aliphatic rings. The molecule has 0 bridgehead atoms. The number of nitrogens with zero attached hydrogens (tertiary/aromatic N) is 1. The lowest BCUT2D eigenvalue weighted by Gasteiger charge is -2.05. The van der Waals surface area contributed by atoms with Crippen LogP contribution in [0.1, 0.15) is 17.5 Å². The van der Waals surface area contributed by atoms with Crippen LogP contribution >= 0.6 is 27.5 Å². The molecule has 0 fully saturated rings. The third-order valence-electron chi connectivity index (χ3n) is 2.12. The highest BCUT2D eigenvalue weighted by molar-refractivity contribution is 9.09. The Hall–Kier alpha value is -0.610. The predicted octanol–water partition coefficient (Wildman–Crippen LogP) is 3.66. The molecule has 3 nitrogen and oxygen atoms in total. The zero-order valence-corrected chi connectivity index (χ0v) is 10.4. The minimum Gasteiger partial charge on any atom is -0.258 e. The van der Waals surface area contributed by atoms with Gasteiger partial charge in [0, 0.05) is 23.3 Å². The quantitative estimate of drug-likeness (QED) is 0.472. The lowest BCUT2D eigenvalue weighted by atomic mass is 10.0. The lowest BCUT2D eigenvalue weighted by molar-refractivity contribution is -0.384. The number of alkyl halides is 2. The third-order valence-corrected chi connectivity index (χ3v) is 2.97. The topological polar surface area (TPSA) is 43.1 Å². The van der Waals surface area contributed by atoms with Crippen LogP contribution in [0, 0.1) is 10.1 Å². The van der Waals surface area contributed by atoms with E-state index in [-0.39, 0.29) is 5.69 Å². The minimum atomic E-state index is -0.398. The summed E-state index contributed by atoms with van der Waals surface area (Å²) in [5, 5.41) is 11.5. The summed E-state index contributed by atoms with van der Waals surface area (Å²) in [7, 11) is 0. The van der Waals surface area contributed by atoms with E-state index in [1.807, 2.05) is 0 Å². The molecule has 0 aromatic heterocycles. The van der Waals surface area contributed by atoms with E-state index >= 15 is 0 Å². The summed E-state index contributed by atoms with van der Waals surface area (Å²) in [6, 6.07) is 4.87. The Morgan fingerprint density at radius 2 is 2.13 bits per heavy atom. The van der Waals surface area contributed by atoms with Crippen LogP contribution in [0.3, 0.4) is 0 Å². The fraction of sp³-hybridized carbons (Fsp3) is 0.400. The van der Waals surface area contributed by atoms with Gasteiger partial charge in [-0.25, -0.2) is 0 Å². The maximum atomic E-state index is 10.5. The van der Waals surface area contributed by atoms with E-state index in [0.29, 0.717) is 5.88 Å². The van der Waals surface area contributed by atoms with E-state index in [0.717, 1.165) is 29.3 Å². The standard InChI is InChI=1S/C10H11BrClNO2/c11-5-1-2-8-3-4-10(13(14)15)6-9(8)7-12/h3-4,6H,1-2,5,7H2. The molecule has 0 aliphatic carbocycles. The molecule has 0 amide bonds. The number of hydrogen-bond donors (Lipinski definition) is 0. The minimum absolute atomic E-state index is 0.105. The average molecular weight is 293 g/mol. The van der Waals surface area contributed by atoms with E-state index in [2.05, 4.69) is 15.9 Å². The Morgan fingerprint density at radius 1 is 1.40 bits per heavy atom.